The predicted molar refractivity (Wildman–Crippen MR) is 50.6 cm³/mol. The molecule has 0 aromatic heterocycles. The van der Waals surface area contributed by atoms with E-state index in [0.29, 0.717) is 25.4 Å². The zero-order valence-corrected chi connectivity index (χ0v) is 8.29. The molecule has 1 fully saturated rings. The van der Waals surface area contributed by atoms with E-state index < -0.39 is 0 Å². The molecule has 1 heterocycles. The van der Waals surface area contributed by atoms with Gasteiger partial charge in [-0.1, -0.05) is 13.0 Å². The van der Waals surface area contributed by atoms with Crippen molar-refractivity contribution in [3.63, 3.8) is 0 Å². The molecule has 0 saturated carbocycles. The lowest BCUT2D eigenvalue weighted by Gasteiger charge is -2.14. The Bertz CT molecular complexity index is 304. The Balaban J connectivity index is 2.22. The van der Waals surface area contributed by atoms with Crippen molar-refractivity contribution in [2.45, 2.75) is 26.2 Å². The monoisotopic (exact) mass is 194 g/mol. The van der Waals surface area contributed by atoms with E-state index in [9.17, 15) is 9.59 Å². The number of Topliss-reactive ketones (excluding diaryl/α,β-unsaturated/α-hetero) is 1. The summed E-state index contributed by atoms with van der Waals surface area (Å²) in [4.78, 5) is 22.8. The summed E-state index contributed by atoms with van der Waals surface area (Å²) >= 11 is 0. The SMILES string of the molecule is C[C@@H]1CC=C2C(=O)OC[C@@H]2CC(=O)C1. The molecule has 3 heteroatoms. The zero-order chi connectivity index (χ0) is 10.1. The van der Waals surface area contributed by atoms with Crippen LogP contribution in [0.2, 0.25) is 0 Å². The van der Waals surface area contributed by atoms with Crippen LogP contribution in [0.5, 0.6) is 0 Å². The number of allylic oxidation sites excluding steroid dienone is 1. The number of hydrogen-bond acceptors (Lipinski definition) is 3. The first-order valence-electron chi connectivity index (χ1n) is 5.05. The van der Waals surface area contributed by atoms with Gasteiger partial charge in [-0.15, -0.1) is 0 Å². The number of ether oxygens (including phenoxy) is 1. The molecule has 0 aromatic carbocycles. The van der Waals surface area contributed by atoms with E-state index in [2.05, 4.69) is 0 Å². The van der Waals surface area contributed by atoms with Gasteiger partial charge in [0.05, 0.1) is 6.61 Å². The van der Waals surface area contributed by atoms with E-state index >= 15 is 0 Å². The van der Waals surface area contributed by atoms with E-state index in [0.717, 1.165) is 12.0 Å². The van der Waals surface area contributed by atoms with Crippen LogP contribution in [0.25, 0.3) is 0 Å². The Morgan fingerprint density at radius 1 is 1.36 bits per heavy atom. The maximum Gasteiger partial charge on any atom is 0.334 e. The standard InChI is InChI=1S/C11H14O3/c1-7-2-3-10-8(5-9(12)4-7)6-14-11(10)13/h3,7-8H,2,4-6H2,1H3/t7-,8+/m1/s1. The van der Waals surface area contributed by atoms with Crippen LogP contribution in [0.15, 0.2) is 11.6 Å². The molecule has 76 valence electrons. The third kappa shape index (κ3) is 1.72. The minimum absolute atomic E-state index is 0.0301. The quantitative estimate of drug-likeness (QED) is 0.548. The molecule has 2 aliphatic rings. The van der Waals surface area contributed by atoms with Crippen LogP contribution >= 0.6 is 0 Å². The molecule has 2 atom stereocenters. The van der Waals surface area contributed by atoms with Gasteiger partial charge in [0.25, 0.3) is 0 Å². The van der Waals surface area contributed by atoms with Crippen LogP contribution in [-0.4, -0.2) is 18.4 Å². The summed E-state index contributed by atoms with van der Waals surface area (Å²) in [7, 11) is 0. The number of carbonyl (C=O) groups excluding carboxylic acids is 2. The lowest BCUT2D eigenvalue weighted by atomic mass is 9.87. The molecule has 0 amide bonds. The largest absolute Gasteiger partial charge is 0.462 e. The highest BCUT2D eigenvalue weighted by molar-refractivity contribution is 5.93. The molecule has 1 aliphatic heterocycles. The fourth-order valence-electron chi connectivity index (χ4n) is 2.09. The van der Waals surface area contributed by atoms with Gasteiger partial charge in [-0.05, 0) is 12.3 Å². The highest BCUT2D eigenvalue weighted by atomic mass is 16.5. The highest BCUT2D eigenvalue weighted by Gasteiger charge is 2.33. The highest BCUT2D eigenvalue weighted by Crippen LogP contribution is 2.29. The summed E-state index contributed by atoms with van der Waals surface area (Å²) in [5, 5.41) is 0. The van der Waals surface area contributed by atoms with Gasteiger partial charge in [0.15, 0.2) is 0 Å². The van der Waals surface area contributed by atoms with Gasteiger partial charge in [0, 0.05) is 24.3 Å². The molecule has 0 aromatic rings. The fraction of sp³-hybridized carbons (Fsp3) is 0.636. The second-order valence-electron chi connectivity index (χ2n) is 4.24. The van der Waals surface area contributed by atoms with Crippen molar-refractivity contribution in [3.8, 4) is 0 Å². The fourth-order valence-corrected chi connectivity index (χ4v) is 2.09. The molecule has 0 radical (unpaired) electrons. The number of carbonyl (C=O) groups is 2. The molecule has 3 nitrogen and oxygen atoms in total. The van der Waals surface area contributed by atoms with Crippen molar-refractivity contribution >= 4 is 11.8 Å². The number of cyclic esters (lactones) is 1. The summed E-state index contributed by atoms with van der Waals surface area (Å²) in [5.41, 5.74) is 0.727. The Kier molecular flexibility index (Phi) is 2.40. The van der Waals surface area contributed by atoms with Crippen LogP contribution in [-0.2, 0) is 14.3 Å². The minimum Gasteiger partial charge on any atom is -0.462 e. The third-order valence-electron chi connectivity index (χ3n) is 2.88. The molecule has 1 saturated heterocycles. The van der Waals surface area contributed by atoms with Gasteiger partial charge >= 0.3 is 5.97 Å². The van der Waals surface area contributed by atoms with Gasteiger partial charge in [-0.25, -0.2) is 4.79 Å². The van der Waals surface area contributed by atoms with Gasteiger partial charge in [0.2, 0.25) is 0 Å². The zero-order valence-electron chi connectivity index (χ0n) is 8.29. The normalized spacial score (nSPS) is 32.8. The average molecular weight is 194 g/mol. The van der Waals surface area contributed by atoms with E-state index in [1.165, 1.54) is 0 Å². The first-order chi connectivity index (χ1) is 6.66. The summed E-state index contributed by atoms with van der Waals surface area (Å²) in [6, 6.07) is 0. The maximum atomic E-state index is 11.5. The summed E-state index contributed by atoms with van der Waals surface area (Å²) in [6.45, 7) is 2.43. The Hall–Kier alpha value is -1.12. The molecule has 0 bridgehead atoms. The first-order valence-corrected chi connectivity index (χ1v) is 5.05. The minimum atomic E-state index is -0.225. The molecule has 0 N–H and O–H groups in total. The Labute approximate surface area is 83.1 Å². The summed E-state index contributed by atoms with van der Waals surface area (Å²) in [6.07, 6.45) is 3.88. The maximum absolute atomic E-state index is 11.5. The van der Waals surface area contributed by atoms with E-state index in [1.54, 1.807) is 0 Å². The average Bonchev–Trinajstić information content (AvgIpc) is 2.41. The van der Waals surface area contributed by atoms with Crippen molar-refractivity contribution in [1.29, 1.82) is 0 Å². The summed E-state index contributed by atoms with van der Waals surface area (Å²) < 4.78 is 4.94. The van der Waals surface area contributed by atoms with E-state index in [1.807, 2.05) is 13.0 Å². The predicted octanol–water partition coefficient (Wildman–Crippen LogP) is 1.47. The second kappa shape index (κ2) is 3.56. The van der Waals surface area contributed by atoms with Crippen LogP contribution in [0, 0.1) is 11.8 Å². The van der Waals surface area contributed by atoms with Crippen molar-refractivity contribution < 1.29 is 14.3 Å². The molecular formula is C11H14O3. The second-order valence-corrected chi connectivity index (χ2v) is 4.24. The summed E-state index contributed by atoms with van der Waals surface area (Å²) in [5.74, 6) is 0.412. The van der Waals surface area contributed by atoms with E-state index in [4.69, 9.17) is 4.74 Å². The molecule has 0 spiro atoms. The molecule has 14 heavy (non-hydrogen) atoms. The van der Waals surface area contributed by atoms with Crippen molar-refractivity contribution in [2.24, 2.45) is 11.8 Å². The van der Waals surface area contributed by atoms with Gasteiger partial charge in [-0.2, -0.15) is 0 Å². The smallest absolute Gasteiger partial charge is 0.334 e. The number of rotatable bonds is 0. The van der Waals surface area contributed by atoms with Crippen molar-refractivity contribution in [2.75, 3.05) is 6.61 Å². The Morgan fingerprint density at radius 2 is 2.14 bits per heavy atom. The number of fused-ring (bicyclic) bond motifs is 1. The van der Waals surface area contributed by atoms with Gasteiger partial charge in [0.1, 0.15) is 5.78 Å². The molecule has 2 rings (SSSR count). The molecule has 1 aliphatic carbocycles. The third-order valence-corrected chi connectivity index (χ3v) is 2.88. The molecular weight excluding hydrogens is 180 g/mol. The topological polar surface area (TPSA) is 43.4 Å². The van der Waals surface area contributed by atoms with Crippen LogP contribution in [0.4, 0.5) is 0 Å². The van der Waals surface area contributed by atoms with Gasteiger partial charge in [-0.3, -0.25) is 4.79 Å². The van der Waals surface area contributed by atoms with Crippen molar-refractivity contribution in [3.05, 3.63) is 11.6 Å². The van der Waals surface area contributed by atoms with Crippen LogP contribution in [0.1, 0.15) is 26.2 Å². The van der Waals surface area contributed by atoms with Crippen molar-refractivity contribution in [1.82, 2.24) is 0 Å². The lowest BCUT2D eigenvalue weighted by molar-refractivity contribution is -0.135. The van der Waals surface area contributed by atoms with E-state index in [-0.39, 0.29) is 17.7 Å². The van der Waals surface area contributed by atoms with Crippen LogP contribution in [0.3, 0.4) is 0 Å². The van der Waals surface area contributed by atoms with Crippen LogP contribution < -0.4 is 0 Å². The number of ketones is 1. The molecule has 0 unspecified atom stereocenters. The van der Waals surface area contributed by atoms with Gasteiger partial charge < -0.3 is 4.74 Å². The lowest BCUT2D eigenvalue weighted by Crippen LogP contribution is -2.16. The number of hydrogen-bond donors (Lipinski definition) is 0. The Morgan fingerprint density at radius 3 is 2.93 bits per heavy atom. The first kappa shape index (κ1) is 9.44. The number of esters is 1.